The molecule has 7 heteroatoms. The molecule has 0 amide bonds. The second kappa shape index (κ2) is 4.84. The average Bonchev–Trinajstić information content (AvgIpc) is 2.91. The minimum atomic E-state index is -0.588. The van der Waals surface area contributed by atoms with E-state index in [1.165, 1.54) is 0 Å². The maximum atomic E-state index is 12.2. The topological polar surface area (TPSA) is 101 Å². The van der Waals surface area contributed by atoms with Gasteiger partial charge in [-0.2, -0.15) is 0 Å². The highest BCUT2D eigenvalue weighted by atomic mass is 16.2. The first-order chi connectivity index (χ1) is 11.1. The Kier molecular flexibility index (Phi) is 2.90. The van der Waals surface area contributed by atoms with Crippen molar-refractivity contribution < 1.29 is 0 Å². The first-order valence-corrected chi connectivity index (χ1v) is 7.61. The Hall–Kier alpha value is -2.83. The van der Waals surface area contributed by atoms with Crippen LogP contribution in [-0.4, -0.2) is 22.6 Å². The van der Waals surface area contributed by atoms with Crippen LogP contribution in [0.3, 0.4) is 0 Å². The molecule has 0 spiro atoms. The Labute approximate surface area is 130 Å². The van der Waals surface area contributed by atoms with Crippen molar-refractivity contribution in [3.8, 4) is 0 Å². The molecule has 7 nitrogen and oxygen atoms in total. The molecule has 118 valence electrons. The van der Waals surface area contributed by atoms with Crippen molar-refractivity contribution in [2.45, 2.75) is 18.9 Å². The van der Waals surface area contributed by atoms with Crippen LogP contribution in [0.1, 0.15) is 18.9 Å². The second-order valence-electron chi connectivity index (χ2n) is 5.96. The van der Waals surface area contributed by atoms with Crippen molar-refractivity contribution in [1.82, 2.24) is 9.55 Å². The largest absolute Gasteiger partial charge is 0.394 e. The molecular formula is C16H16N4O3. The maximum absolute atomic E-state index is 12.2. The number of piperidine rings is 1. The number of nitrogen functional groups attached to an aromatic ring is 1. The number of H-pyrrole nitrogens is 1. The quantitative estimate of drug-likeness (QED) is 0.665. The van der Waals surface area contributed by atoms with Gasteiger partial charge < -0.3 is 15.6 Å². The molecule has 0 radical (unpaired) electrons. The number of rotatable bonds is 2. The number of aromatic amines is 1. The van der Waals surface area contributed by atoms with Gasteiger partial charge in [-0.15, -0.1) is 0 Å². The van der Waals surface area contributed by atoms with E-state index in [4.69, 9.17) is 5.73 Å². The van der Waals surface area contributed by atoms with Gasteiger partial charge in [0.2, 0.25) is 0 Å². The highest BCUT2D eigenvalue weighted by molar-refractivity contribution is 5.75. The van der Waals surface area contributed by atoms with Gasteiger partial charge in [0.1, 0.15) is 11.4 Å². The Balaban J connectivity index is 1.60. The summed E-state index contributed by atoms with van der Waals surface area (Å²) in [6, 6.07) is 7.67. The molecule has 23 heavy (non-hydrogen) atoms. The molecule has 1 saturated heterocycles. The molecule has 0 saturated carbocycles. The molecule has 3 N–H and O–H groups in total. The van der Waals surface area contributed by atoms with E-state index in [2.05, 4.69) is 4.98 Å². The zero-order valence-corrected chi connectivity index (χ0v) is 12.4. The van der Waals surface area contributed by atoms with E-state index in [0.717, 1.165) is 23.9 Å². The summed E-state index contributed by atoms with van der Waals surface area (Å²) >= 11 is 0. The summed E-state index contributed by atoms with van der Waals surface area (Å²) in [4.78, 5) is 39.8. The van der Waals surface area contributed by atoms with E-state index in [-0.39, 0.29) is 17.4 Å². The van der Waals surface area contributed by atoms with Crippen LogP contribution in [0.15, 0.2) is 38.6 Å². The number of imidazole rings is 1. The lowest BCUT2D eigenvalue weighted by atomic mass is 10.0. The number of hydrogen-bond acceptors (Lipinski definition) is 5. The van der Waals surface area contributed by atoms with Gasteiger partial charge in [-0.3, -0.25) is 14.2 Å². The molecule has 3 aromatic rings. The smallest absolute Gasteiger partial charge is 0.326 e. The molecule has 2 heterocycles. The number of nitrogens with zero attached hydrogens (tertiary/aromatic N) is 2. The van der Waals surface area contributed by atoms with Gasteiger partial charge in [-0.25, -0.2) is 4.79 Å². The fraction of sp³-hybridized carbons (Fsp3) is 0.312. The van der Waals surface area contributed by atoms with Gasteiger partial charge >= 0.3 is 5.69 Å². The lowest BCUT2D eigenvalue weighted by Gasteiger charge is -2.34. The molecule has 1 aromatic heterocycles. The van der Waals surface area contributed by atoms with Gasteiger partial charge in [0, 0.05) is 19.1 Å². The SMILES string of the molecule is Nc1c(N2CCC(n3c(=O)[nH]c4ccccc43)CC2)c(=O)c1=O. The second-order valence-corrected chi connectivity index (χ2v) is 5.96. The average molecular weight is 312 g/mol. The number of nitrogens with one attached hydrogen (secondary N) is 1. The van der Waals surface area contributed by atoms with Gasteiger partial charge in [-0.1, -0.05) is 12.1 Å². The fourth-order valence-electron chi connectivity index (χ4n) is 3.50. The molecule has 4 rings (SSSR count). The molecule has 0 unspecified atom stereocenters. The summed E-state index contributed by atoms with van der Waals surface area (Å²) in [5.74, 6) is 0. The van der Waals surface area contributed by atoms with Gasteiger partial charge in [0.15, 0.2) is 0 Å². The van der Waals surface area contributed by atoms with E-state index in [1.807, 2.05) is 29.2 Å². The van der Waals surface area contributed by atoms with Crippen molar-refractivity contribution >= 4 is 22.4 Å². The van der Waals surface area contributed by atoms with Crippen LogP contribution in [0.25, 0.3) is 11.0 Å². The summed E-state index contributed by atoms with van der Waals surface area (Å²) in [6.07, 6.45) is 1.44. The number of hydrogen-bond donors (Lipinski definition) is 2. The van der Waals surface area contributed by atoms with E-state index in [1.54, 1.807) is 4.57 Å². The van der Waals surface area contributed by atoms with Crippen LogP contribution in [0.2, 0.25) is 0 Å². The van der Waals surface area contributed by atoms with Gasteiger partial charge in [0.05, 0.1) is 11.0 Å². The monoisotopic (exact) mass is 312 g/mol. The maximum Gasteiger partial charge on any atom is 0.326 e. The first-order valence-electron chi connectivity index (χ1n) is 7.61. The van der Waals surface area contributed by atoms with Crippen LogP contribution in [0.5, 0.6) is 0 Å². The Morgan fingerprint density at radius 2 is 1.74 bits per heavy atom. The van der Waals surface area contributed by atoms with Crippen LogP contribution in [-0.2, 0) is 0 Å². The van der Waals surface area contributed by atoms with Crippen molar-refractivity contribution in [2.75, 3.05) is 23.7 Å². The van der Waals surface area contributed by atoms with E-state index < -0.39 is 10.9 Å². The standard InChI is InChI=1S/C16H16N4O3/c17-12-13(15(22)14(12)21)19-7-5-9(6-8-19)20-11-4-2-1-3-10(11)18-16(20)23/h1-4,9H,5-8,17H2,(H,18,23). The third-order valence-electron chi connectivity index (χ3n) is 4.69. The zero-order valence-electron chi connectivity index (χ0n) is 12.4. The predicted molar refractivity (Wildman–Crippen MR) is 88.8 cm³/mol. The summed E-state index contributed by atoms with van der Waals surface area (Å²) in [6.45, 7) is 1.21. The molecule has 1 aliphatic rings. The highest BCUT2D eigenvalue weighted by Crippen LogP contribution is 2.28. The number of para-hydroxylation sites is 2. The Morgan fingerprint density at radius 1 is 1.04 bits per heavy atom. The highest BCUT2D eigenvalue weighted by Gasteiger charge is 2.29. The number of fused-ring (bicyclic) bond motifs is 1. The molecule has 0 atom stereocenters. The molecule has 1 fully saturated rings. The Morgan fingerprint density at radius 3 is 2.43 bits per heavy atom. The van der Waals surface area contributed by atoms with E-state index >= 15 is 0 Å². The summed E-state index contributed by atoms with van der Waals surface area (Å²) in [5, 5.41) is 0. The molecule has 0 bridgehead atoms. The van der Waals surface area contributed by atoms with Crippen molar-refractivity contribution in [3.05, 3.63) is 55.2 Å². The molecule has 0 aliphatic carbocycles. The Bertz CT molecular complexity index is 1010. The lowest BCUT2D eigenvalue weighted by molar-refractivity contribution is 0.396. The zero-order chi connectivity index (χ0) is 16.1. The van der Waals surface area contributed by atoms with Gasteiger partial charge in [0.25, 0.3) is 10.9 Å². The molecule has 2 aromatic carbocycles. The van der Waals surface area contributed by atoms with Gasteiger partial charge in [-0.05, 0) is 25.0 Å². The third-order valence-corrected chi connectivity index (χ3v) is 4.69. The summed E-state index contributed by atoms with van der Waals surface area (Å²) in [7, 11) is 0. The predicted octanol–water partition coefficient (Wildman–Crippen LogP) is 0.349. The number of benzene rings is 1. The van der Waals surface area contributed by atoms with Crippen LogP contribution >= 0.6 is 0 Å². The fourth-order valence-corrected chi connectivity index (χ4v) is 3.50. The normalized spacial score (nSPS) is 16.4. The number of anilines is 2. The van der Waals surface area contributed by atoms with Crippen LogP contribution in [0, 0.1) is 0 Å². The minimum Gasteiger partial charge on any atom is -0.394 e. The minimum absolute atomic E-state index is 0.0673. The van der Waals surface area contributed by atoms with E-state index in [9.17, 15) is 14.4 Å². The van der Waals surface area contributed by atoms with Crippen LogP contribution < -0.4 is 27.2 Å². The van der Waals surface area contributed by atoms with Crippen molar-refractivity contribution in [1.29, 1.82) is 0 Å². The van der Waals surface area contributed by atoms with E-state index in [0.29, 0.717) is 18.8 Å². The lowest BCUT2D eigenvalue weighted by Crippen LogP contribution is -2.46. The third kappa shape index (κ3) is 1.93. The number of aromatic nitrogens is 2. The van der Waals surface area contributed by atoms with Crippen molar-refractivity contribution in [3.63, 3.8) is 0 Å². The number of nitrogens with two attached hydrogens (primary N) is 1. The summed E-state index contributed by atoms with van der Waals surface area (Å²) < 4.78 is 1.79. The van der Waals surface area contributed by atoms with Crippen LogP contribution in [0.4, 0.5) is 11.4 Å². The van der Waals surface area contributed by atoms with Crippen molar-refractivity contribution in [2.24, 2.45) is 0 Å². The summed E-state index contributed by atoms with van der Waals surface area (Å²) in [5.41, 5.74) is 6.56. The molecule has 1 aliphatic heterocycles. The first kappa shape index (κ1) is 13.8. The molecular weight excluding hydrogens is 296 g/mol.